The summed E-state index contributed by atoms with van der Waals surface area (Å²) in [4.78, 5) is 4.37. The fourth-order valence-corrected chi connectivity index (χ4v) is 2.50. The van der Waals surface area contributed by atoms with Crippen LogP contribution in [0.5, 0.6) is 5.88 Å². The summed E-state index contributed by atoms with van der Waals surface area (Å²) in [6.07, 6.45) is 2.46. The molecule has 0 fully saturated rings. The monoisotopic (exact) mass is 302 g/mol. The van der Waals surface area contributed by atoms with Crippen LogP contribution in [0.1, 0.15) is 11.4 Å². The molecule has 18 heavy (non-hydrogen) atoms. The maximum absolute atomic E-state index is 9.89. The highest BCUT2D eigenvalue weighted by atomic mass is 79.9. The average molecular weight is 303 g/mol. The van der Waals surface area contributed by atoms with Crippen LogP contribution in [0, 0.1) is 0 Å². The molecule has 4 heteroatoms. The standard InChI is InChI=1S/C14H11BrN2O/c15-11-4-1-3-10(7-11)8-13-16-9-12-5-2-6-14(18)17(12)13/h1-7,9,18H,8H2. The first-order valence-electron chi connectivity index (χ1n) is 5.63. The summed E-state index contributed by atoms with van der Waals surface area (Å²) < 4.78 is 2.81. The van der Waals surface area contributed by atoms with Crippen LogP contribution < -0.4 is 0 Å². The van der Waals surface area contributed by atoms with Gasteiger partial charge in [-0.15, -0.1) is 0 Å². The van der Waals surface area contributed by atoms with Crippen molar-refractivity contribution in [3.05, 3.63) is 64.5 Å². The first kappa shape index (κ1) is 11.3. The Labute approximate surface area is 113 Å². The second-order valence-corrected chi connectivity index (χ2v) is 5.04. The van der Waals surface area contributed by atoms with Crippen LogP contribution in [0.15, 0.2) is 53.1 Å². The fourth-order valence-electron chi connectivity index (χ4n) is 2.05. The number of pyridine rings is 1. The van der Waals surface area contributed by atoms with Crippen molar-refractivity contribution in [3.63, 3.8) is 0 Å². The highest BCUT2D eigenvalue weighted by Gasteiger charge is 2.07. The van der Waals surface area contributed by atoms with E-state index in [1.165, 1.54) is 0 Å². The van der Waals surface area contributed by atoms with Crippen molar-refractivity contribution in [1.82, 2.24) is 9.38 Å². The van der Waals surface area contributed by atoms with Gasteiger partial charge in [0.25, 0.3) is 0 Å². The minimum atomic E-state index is 0.218. The number of fused-ring (bicyclic) bond motifs is 1. The Morgan fingerprint density at radius 1 is 1.17 bits per heavy atom. The van der Waals surface area contributed by atoms with Crippen molar-refractivity contribution >= 4 is 21.4 Å². The van der Waals surface area contributed by atoms with Crippen molar-refractivity contribution in [1.29, 1.82) is 0 Å². The van der Waals surface area contributed by atoms with E-state index in [1.54, 1.807) is 16.7 Å². The van der Waals surface area contributed by atoms with E-state index >= 15 is 0 Å². The van der Waals surface area contributed by atoms with Crippen LogP contribution in [0.25, 0.3) is 5.52 Å². The van der Waals surface area contributed by atoms with Gasteiger partial charge in [-0.3, -0.25) is 4.40 Å². The predicted octanol–water partition coefficient (Wildman–Crippen LogP) is 3.39. The lowest BCUT2D eigenvalue weighted by Gasteiger charge is -2.04. The molecule has 2 heterocycles. The van der Waals surface area contributed by atoms with Gasteiger partial charge in [0.1, 0.15) is 5.82 Å². The van der Waals surface area contributed by atoms with Gasteiger partial charge >= 0.3 is 0 Å². The molecule has 3 nitrogen and oxygen atoms in total. The normalized spacial score (nSPS) is 10.9. The van der Waals surface area contributed by atoms with Crippen LogP contribution in [0.2, 0.25) is 0 Å². The van der Waals surface area contributed by atoms with Crippen LogP contribution in [0.3, 0.4) is 0 Å². The van der Waals surface area contributed by atoms with E-state index in [0.29, 0.717) is 6.42 Å². The number of benzene rings is 1. The lowest BCUT2D eigenvalue weighted by molar-refractivity contribution is 0.443. The molecule has 0 aliphatic heterocycles. The summed E-state index contributed by atoms with van der Waals surface area (Å²) in [5.74, 6) is 1.05. The van der Waals surface area contributed by atoms with E-state index in [9.17, 15) is 5.11 Å². The fraction of sp³-hybridized carbons (Fsp3) is 0.0714. The molecule has 0 spiro atoms. The van der Waals surface area contributed by atoms with Crippen molar-refractivity contribution in [2.24, 2.45) is 0 Å². The van der Waals surface area contributed by atoms with Crippen molar-refractivity contribution in [2.75, 3.05) is 0 Å². The SMILES string of the molecule is Oc1cccc2cnc(Cc3cccc(Br)c3)n12. The number of imidazole rings is 1. The van der Waals surface area contributed by atoms with E-state index < -0.39 is 0 Å². The highest BCUT2D eigenvalue weighted by Crippen LogP contribution is 2.19. The summed E-state index contributed by atoms with van der Waals surface area (Å²) in [6.45, 7) is 0. The predicted molar refractivity (Wildman–Crippen MR) is 73.8 cm³/mol. The Bertz CT molecular complexity index is 706. The molecule has 0 atom stereocenters. The van der Waals surface area contributed by atoms with Gasteiger partial charge in [0.05, 0.1) is 11.7 Å². The van der Waals surface area contributed by atoms with Crippen LogP contribution in [0.4, 0.5) is 0 Å². The third-order valence-electron chi connectivity index (χ3n) is 2.85. The first-order valence-corrected chi connectivity index (χ1v) is 6.42. The molecular formula is C14H11BrN2O. The number of hydrogen-bond donors (Lipinski definition) is 1. The Balaban J connectivity index is 2.05. The van der Waals surface area contributed by atoms with Gasteiger partial charge in [-0.25, -0.2) is 4.98 Å². The zero-order valence-electron chi connectivity index (χ0n) is 9.55. The van der Waals surface area contributed by atoms with Gasteiger partial charge in [0.15, 0.2) is 5.88 Å². The maximum Gasteiger partial charge on any atom is 0.197 e. The molecule has 0 aliphatic carbocycles. The Hall–Kier alpha value is -1.81. The van der Waals surface area contributed by atoms with Gasteiger partial charge < -0.3 is 5.11 Å². The molecule has 90 valence electrons. The van der Waals surface area contributed by atoms with Gasteiger partial charge in [-0.1, -0.05) is 34.1 Å². The van der Waals surface area contributed by atoms with Crippen molar-refractivity contribution in [3.8, 4) is 5.88 Å². The van der Waals surface area contributed by atoms with E-state index in [4.69, 9.17) is 0 Å². The van der Waals surface area contributed by atoms with Gasteiger partial charge in [-0.2, -0.15) is 0 Å². The maximum atomic E-state index is 9.89. The average Bonchev–Trinajstić information content (AvgIpc) is 2.74. The number of rotatable bonds is 2. The molecule has 3 rings (SSSR count). The molecule has 1 aromatic carbocycles. The smallest absolute Gasteiger partial charge is 0.197 e. The molecule has 2 aromatic heterocycles. The number of hydrogen-bond acceptors (Lipinski definition) is 2. The van der Waals surface area contributed by atoms with E-state index in [1.807, 2.05) is 30.3 Å². The molecule has 0 unspecified atom stereocenters. The van der Waals surface area contributed by atoms with Crippen LogP contribution in [-0.2, 0) is 6.42 Å². The zero-order chi connectivity index (χ0) is 12.5. The van der Waals surface area contributed by atoms with Crippen molar-refractivity contribution < 1.29 is 5.11 Å². The third kappa shape index (κ3) is 1.99. The van der Waals surface area contributed by atoms with E-state index in [2.05, 4.69) is 27.0 Å². The molecule has 0 saturated heterocycles. The summed E-state index contributed by atoms with van der Waals surface area (Å²) in [5.41, 5.74) is 2.06. The topological polar surface area (TPSA) is 37.5 Å². The highest BCUT2D eigenvalue weighted by molar-refractivity contribution is 9.10. The summed E-state index contributed by atoms with van der Waals surface area (Å²) in [6, 6.07) is 13.5. The van der Waals surface area contributed by atoms with Crippen LogP contribution in [-0.4, -0.2) is 14.5 Å². The lowest BCUT2D eigenvalue weighted by Crippen LogP contribution is -1.96. The number of halogens is 1. The molecule has 1 N–H and O–H groups in total. The minimum Gasteiger partial charge on any atom is -0.494 e. The van der Waals surface area contributed by atoms with Crippen molar-refractivity contribution in [2.45, 2.75) is 6.42 Å². The Morgan fingerprint density at radius 2 is 2.00 bits per heavy atom. The van der Waals surface area contributed by atoms with Gasteiger partial charge in [-0.05, 0) is 29.8 Å². The summed E-state index contributed by atoms with van der Waals surface area (Å²) in [5, 5.41) is 9.89. The quantitative estimate of drug-likeness (QED) is 0.788. The molecule has 0 radical (unpaired) electrons. The Morgan fingerprint density at radius 3 is 2.83 bits per heavy atom. The summed E-state index contributed by atoms with van der Waals surface area (Å²) >= 11 is 3.45. The number of aromatic hydroxyl groups is 1. The van der Waals surface area contributed by atoms with Gasteiger partial charge in [0, 0.05) is 10.9 Å². The molecule has 0 bridgehead atoms. The number of nitrogens with zero attached hydrogens (tertiary/aromatic N) is 2. The minimum absolute atomic E-state index is 0.218. The largest absolute Gasteiger partial charge is 0.494 e. The third-order valence-corrected chi connectivity index (χ3v) is 3.35. The molecule has 0 amide bonds. The molecule has 3 aromatic rings. The summed E-state index contributed by atoms with van der Waals surface area (Å²) in [7, 11) is 0. The van der Waals surface area contributed by atoms with Crippen LogP contribution >= 0.6 is 15.9 Å². The Kier molecular flexibility index (Phi) is 2.80. The molecular weight excluding hydrogens is 292 g/mol. The van der Waals surface area contributed by atoms with Gasteiger partial charge in [0.2, 0.25) is 0 Å². The lowest BCUT2D eigenvalue weighted by atomic mass is 10.1. The number of aromatic nitrogens is 2. The van der Waals surface area contributed by atoms with E-state index in [-0.39, 0.29) is 5.88 Å². The first-order chi connectivity index (χ1) is 8.74. The molecule has 0 saturated carbocycles. The second kappa shape index (κ2) is 4.46. The van der Waals surface area contributed by atoms with E-state index in [0.717, 1.165) is 21.4 Å². The second-order valence-electron chi connectivity index (χ2n) is 4.13. The zero-order valence-corrected chi connectivity index (χ0v) is 11.1. The molecule has 0 aliphatic rings.